The van der Waals surface area contributed by atoms with Crippen molar-refractivity contribution < 1.29 is 4.79 Å². The Morgan fingerprint density at radius 1 is 1.15 bits per heavy atom. The van der Waals surface area contributed by atoms with E-state index in [0.717, 1.165) is 45.8 Å². The summed E-state index contributed by atoms with van der Waals surface area (Å²) in [5.74, 6) is 0. The third-order valence-corrected chi connectivity index (χ3v) is 5.53. The molecular formula is C21H32N4O. The van der Waals surface area contributed by atoms with Crippen molar-refractivity contribution in [3.63, 3.8) is 0 Å². The maximum Gasteiger partial charge on any atom is 0.317 e. The Kier molecular flexibility index (Phi) is 7.09. The van der Waals surface area contributed by atoms with Crippen LogP contribution in [0.5, 0.6) is 0 Å². The fourth-order valence-electron chi connectivity index (χ4n) is 3.90. The maximum atomic E-state index is 12.4. The zero-order valence-electron chi connectivity index (χ0n) is 15.9. The second-order valence-corrected chi connectivity index (χ2v) is 7.21. The molecule has 1 unspecified atom stereocenters. The molecule has 3 rings (SSSR count). The Bertz CT molecular complexity index is 581. The lowest BCUT2D eigenvalue weighted by atomic mass is 10.2. The maximum absolute atomic E-state index is 12.4. The molecule has 2 amide bonds. The van der Waals surface area contributed by atoms with Gasteiger partial charge in [0.1, 0.15) is 0 Å². The lowest BCUT2D eigenvalue weighted by Gasteiger charge is -2.34. The first kappa shape index (κ1) is 18.9. The molecule has 0 radical (unpaired) electrons. The molecule has 1 N–H and O–H groups in total. The quantitative estimate of drug-likeness (QED) is 0.851. The summed E-state index contributed by atoms with van der Waals surface area (Å²) >= 11 is 0. The number of benzene rings is 1. The van der Waals surface area contributed by atoms with Gasteiger partial charge in [-0.1, -0.05) is 49.4 Å². The minimum absolute atomic E-state index is 0.104. The summed E-state index contributed by atoms with van der Waals surface area (Å²) in [6.07, 6.45) is 6.84. The van der Waals surface area contributed by atoms with Crippen LogP contribution in [0.25, 0.3) is 6.08 Å². The van der Waals surface area contributed by atoms with Gasteiger partial charge >= 0.3 is 6.03 Å². The molecule has 2 fully saturated rings. The second-order valence-electron chi connectivity index (χ2n) is 7.21. The first-order valence-corrected chi connectivity index (χ1v) is 9.97. The van der Waals surface area contributed by atoms with Gasteiger partial charge in [-0.05, 0) is 31.5 Å². The molecule has 1 aromatic rings. The van der Waals surface area contributed by atoms with Gasteiger partial charge in [0.15, 0.2) is 0 Å². The third-order valence-electron chi connectivity index (χ3n) is 5.53. The number of rotatable bonds is 6. The summed E-state index contributed by atoms with van der Waals surface area (Å²) in [5.41, 5.74) is 1.23. The number of carbonyl (C=O) groups is 1. The van der Waals surface area contributed by atoms with Crippen molar-refractivity contribution in [1.29, 1.82) is 0 Å². The summed E-state index contributed by atoms with van der Waals surface area (Å²) in [5, 5.41) is 3.15. The van der Waals surface area contributed by atoms with E-state index >= 15 is 0 Å². The fraction of sp³-hybridized carbons (Fsp3) is 0.571. The number of likely N-dealkylation sites (N-methyl/N-ethyl adjacent to an activating group) is 1. The highest BCUT2D eigenvalue weighted by Gasteiger charge is 2.25. The predicted octanol–water partition coefficient (Wildman–Crippen LogP) is 2.51. The Labute approximate surface area is 157 Å². The molecule has 2 heterocycles. The molecule has 1 aromatic carbocycles. The van der Waals surface area contributed by atoms with Crippen LogP contribution < -0.4 is 5.32 Å². The minimum Gasteiger partial charge on any atom is -0.336 e. The van der Waals surface area contributed by atoms with E-state index in [1.54, 1.807) is 0 Å². The van der Waals surface area contributed by atoms with Crippen LogP contribution in [0.1, 0.15) is 25.3 Å². The van der Waals surface area contributed by atoms with Crippen LogP contribution in [0.15, 0.2) is 36.4 Å². The number of urea groups is 1. The van der Waals surface area contributed by atoms with E-state index in [0.29, 0.717) is 6.04 Å². The van der Waals surface area contributed by atoms with E-state index in [4.69, 9.17) is 0 Å². The monoisotopic (exact) mass is 356 g/mol. The Morgan fingerprint density at radius 2 is 1.92 bits per heavy atom. The second kappa shape index (κ2) is 9.74. The molecule has 2 aliphatic rings. The van der Waals surface area contributed by atoms with Gasteiger partial charge in [0.2, 0.25) is 0 Å². The summed E-state index contributed by atoms with van der Waals surface area (Å²) in [7, 11) is 0. The summed E-state index contributed by atoms with van der Waals surface area (Å²) in [4.78, 5) is 19.3. The van der Waals surface area contributed by atoms with Crippen LogP contribution in [-0.2, 0) is 0 Å². The lowest BCUT2D eigenvalue weighted by molar-refractivity contribution is 0.144. The zero-order valence-corrected chi connectivity index (χ0v) is 15.9. The molecule has 1 atom stereocenters. The number of nitrogens with one attached hydrogen (secondary N) is 1. The molecule has 142 valence electrons. The van der Waals surface area contributed by atoms with Crippen LogP contribution in [0.2, 0.25) is 0 Å². The molecule has 0 aliphatic carbocycles. The average Bonchev–Trinajstić information content (AvgIpc) is 3.15. The lowest BCUT2D eigenvalue weighted by Crippen LogP contribution is -2.53. The number of hydrogen-bond donors (Lipinski definition) is 1. The van der Waals surface area contributed by atoms with Crippen molar-refractivity contribution in [2.45, 2.75) is 25.8 Å². The highest BCUT2D eigenvalue weighted by atomic mass is 16.2. The molecule has 2 aliphatic heterocycles. The molecule has 0 bridgehead atoms. The average molecular weight is 357 g/mol. The molecule has 0 saturated carbocycles. The molecular weight excluding hydrogens is 324 g/mol. The van der Waals surface area contributed by atoms with Crippen molar-refractivity contribution in [3.05, 3.63) is 42.0 Å². The van der Waals surface area contributed by atoms with Gasteiger partial charge in [0.05, 0.1) is 0 Å². The van der Waals surface area contributed by atoms with Gasteiger partial charge < -0.3 is 10.2 Å². The third kappa shape index (κ3) is 5.32. The Hall–Kier alpha value is -1.85. The summed E-state index contributed by atoms with van der Waals surface area (Å²) in [6.45, 7) is 9.69. The van der Waals surface area contributed by atoms with Crippen LogP contribution in [0, 0.1) is 0 Å². The van der Waals surface area contributed by atoms with E-state index in [9.17, 15) is 4.79 Å². The van der Waals surface area contributed by atoms with Crippen molar-refractivity contribution in [3.8, 4) is 0 Å². The van der Waals surface area contributed by atoms with Crippen LogP contribution in [0.4, 0.5) is 4.79 Å². The molecule has 0 spiro atoms. The van der Waals surface area contributed by atoms with Crippen molar-refractivity contribution in [2.75, 3.05) is 52.4 Å². The van der Waals surface area contributed by atoms with Gasteiger partial charge in [0, 0.05) is 45.3 Å². The molecule has 26 heavy (non-hydrogen) atoms. The summed E-state index contributed by atoms with van der Waals surface area (Å²) < 4.78 is 0. The van der Waals surface area contributed by atoms with E-state index in [1.807, 2.05) is 11.0 Å². The number of hydrogen-bond acceptors (Lipinski definition) is 3. The van der Waals surface area contributed by atoms with E-state index in [-0.39, 0.29) is 6.03 Å². The van der Waals surface area contributed by atoms with Crippen LogP contribution in [-0.4, -0.2) is 79.1 Å². The number of nitrogens with zero attached hydrogens (tertiary/aromatic N) is 3. The number of carbonyl (C=O) groups excluding carboxylic acids is 1. The smallest absolute Gasteiger partial charge is 0.317 e. The fourth-order valence-corrected chi connectivity index (χ4v) is 3.90. The zero-order chi connectivity index (χ0) is 18.2. The Morgan fingerprint density at radius 3 is 2.65 bits per heavy atom. The highest BCUT2D eigenvalue weighted by Crippen LogP contribution is 2.15. The van der Waals surface area contributed by atoms with E-state index in [2.05, 4.69) is 58.5 Å². The minimum atomic E-state index is 0.104. The van der Waals surface area contributed by atoms with Crippen molar-refractivity contribution >= 4 is 12.1 Å². The van der Waals surface area contributed by atoms with Gasteiger partial charge in [-0.3, -0.25) is 9.80 Å². The van der Waals surface area contributed by atoms with Crippen LogP contribution >= 0.6 is 0 Å². The number of piperazine rings is 1. The van der Waals surface area contributed by atoms with Gasteiger partial charge in [-0.15, -0.1) is 0 Å². The van der Waals surface area contributed by atoms with E-state index < -0.39 is 0 Å². The van der Waals surface area contributed by atoms with Crippen molar-refractivity contribution in [2.24, 2.45) is 0 Å². The largest absolute Gasteiger partial charge is 0.336 e. The first-order valence-electron chi connectivity index (χ1n) is 9.97. The molecule has 5 nitrogen and oxygen atoms in total. The topological polar surface area (TPSA) is 38.8 Å². The predicted molar refractivity (Wildman–Crippen MR) is 107 cm³/mol. The van der Waals surface area contributed by atoms with Crippen LogP contribution in [0.3, 0.4) is 0 Å². The first-order chi connectivity index (χ1) is 12.8. The number of amides is 2. The Balaban J connectivity index is 1.35. The van der Waals surface area contributed by atoms with Gasteiger partial charge in [-0.2, -0.15) is 0 Å². The SMILES string of the molecule is CCN1CCCC1CNC(=O)N1CCN(CC=Cc2ccccc2)CC1. The highest BCUT2D eigenvalue weighted by molar-refractivity contribution is 5.74. The number of likely N-dealkylation sites (tertiary alicyclic amines) is 1. The van der Waals surface area contributed by atoms with Crippen molar-refractivity contribution in [1.82, 2.24) is 20.0 Å². The standard InChI is InChI=1S/C21H32N4O/c1-2-24-13-7-11-20(24)18-22-21(26)25-16-14-23(15-17-25)12-6-10-19-8-4-3-5-9-19/h3-6,8-10,20H,2,7,11-18H2,1H3,(H,22,26). The normalized spacial score (nSPS) is 22.2. The molecule has 5 heteroatoms. The van der Waals surface area contributed by atoms with E-state index in [1.165, 1.54) is 24.9 Å². The molecule has 0 aromatic heterocycles. The van der Waals surface area contributed by atoms with Gasteiger partial charge in [-0.25, -0.2) is 4.79 Å². The molecule has 2 saturated heterocycles. The summed E-state index contributed by atoms with van der Waals surface area (Å²) in [6, 6.07) is 11.0. The van der Waals surface area contributed by atoms with Gasteiger partial charge in [0.25, 0.3) is 0 Å².